The average molecular weight is 173 g/mol. The van der Waals surface area contributed by atoms with Crippen molar-refractivity contribution in [3.8, 4) is 0 Å². The van der Waals surface area contributed by atoms with E-state index < -0.39 is 0 Å². The van der Waals surface area contributed by atoms with Gasteiger partial charge in [0.2, 0.25) is 0 Å². The lowest BCUT2D eigenvalue weighted by atomic mass is 10.00. The molecule has 0 unspecified atom stereocenters. The molecule has 0 amide bonds. The highest BCUT2D eigenvalue weighted by Gasteiger charge is 2.11. The van der Waals surface area contributed by atoms with Gasteiger partial charge in [0.25, 0.3) is 0 Å². The molecule has 0 bridgehead atoms. The van der Waals surface area contributed by atoms with Gasteiger partial charge in [-0.15, -0.1) is 0 Å². The third-order valence-corrected chi connectivity index (χ3v) is 2.53. The van der Waals surface area contributed by atoms with Gasteiger partial charge in [0.1, 0.15) is 0 Å². The molecular formula is C12H15N. The van der Waals surface area contributed by atoms with Crippen LogP contribution in [0.4, 0.5) is 5.69 Å². The molecule has 0 aliphatic carbocycles. The number of fused-ring (bicyclic) bond motifs is 1. The largest absolute Gasteiger partial charge is 0.257 e. The van der Waals surface area contributed by atoms with Crippen LogP contribution in [0.5, 0.6) is 0 Å². The van der Waals surface area contributed by atoms with Gasteiger partial charge >= 0.3 is 0 Å². The molecule has 1 heteroatoms. The Morgan fingerprint density at radius 1 is 1.31 bits per heavy atom. The van der Waals surface area contributed by atoms with Crippen molar-refractivity contribution in [2.24, 2.45) is 4.99 Å². The minimum absolute atomic E-state index is 0.599. The van der Waals surface area contributed by atoms with Crippen LogP contribution in [0.25, 0.3) is 0 Å². The molecule has 0 radical (unpaired) electrons. The zero-order valence-corrected chi connectivity index (χ0v) is 8.46. The Labute approximate surface area is 79.5 Å². The Balaban J connectivity index is 2.43. The van der Waals surface area contributed by atoms with Crippen LogP contribution in [0, 0.1) is 0 Å². The van der Waals surface area contributed by atoms with Gasteiger partial charge in [-0.1, -0.05) is 26.0 Å². The van der Waals surface area contributed by atoms with Gasteiger partial charge < -0.3 is 0 Å². The van der Waals surface area contributed by atoms with E-state index in [-0.39, 0.29) is 0 Å². The van der Waals surface area contributed by atoms with Crippen LogP contribution in [0.1, 0.15) is 37.8 Å². The van der Waals surface area contributed by atoms with Gasteiger partial charge in [0.15, 0.2) is 0 Å². The van der Waals surface area contributed by atoms with Crippen molar-refractivity contribution in [1.29, 1.82) is 0 Å². The standard InChI is InChI=1S/C12H15N/c1-8(2)10-4-5-11-6-9(3)13-12(11)7-10/h4-5,7-8H,6H2,1-3H3. The van der Waals surface area contributed by atoms with E-state index in [1.54, 1.807) is 0 Å². The van der Waals surface area contributed by atoms with Crippen molar-refractivity contribution in [2.75, 3.05) is 0 Å². The highest BCUT2D eigenvalue weighted by Crippen LogP contribution is 2.29. The van der Waals surface area contributed by atoms with E-state index in [2.05, 4.69) is 44.0 Å². The van der Waals surface area contributed by atoms with Crippen LogP contribution in [-0.2, 0) is 6.42 Å². The maximum atomic E-state index is 4.51. The Morgan fingerprint density at radius 3 is 2.77 bits per heavy atom. The summed E-state index contributed by atoms with van der Waals surface area (Å²) in [7, 11) is 0. The van der Waals surface area contributed by atoms with E-state index in [9.17, 15) is 0 Å². The van der Waals surface area contributed by atoms with Crippen LogP contribution in [0.15, 0.2) is 23.2 Å². The predicted molar refractivity (Wildman–Crippen MR) is 57.0 cm³/mol. The van der Waals surface area contributed by atoms with Crippen molar-refractivity contribution in [1.82, 2.24) is 0 Å². The molecule has 1 heterocycles. The van der Waals surface area contributed by atoms with E-state index in [0.29, 0.717) is 5.92 Å². The summed E-state index contributed by atoms with van der Waals surface area (Å²) in [5.74, 6) is 0.599. The normalized spacial score (nSPS) is 14.6. The summed E-state index contributed by atoms with van der Waals surface area (Å²) in [6.45, 7) is 6.52. The Hall–Kier alpha value is -1.11. The highest BCUT2D eigenvalue weighted by molar-refractivity contribution is 5.92. The maximum Gasteiger partial charge on any atom is 0.0667 e. The highest BCUT2D eigenvalue weighted by atomic mass is 14.8. The Morgan fingerprint density at radius 2 is 2.08 bits per heavy atom. The molecule has 0 saturated carbocycles. The van der Waals surface area contributed by atoms with Gasteiger partial charge in [-0.05, 0) is 30.0 Å². The minimum atomic E-state index is 0.599. The summed E-state index contributed by atoms with van der Waals surface area (Å²) in [5, 5.41) is 0. The molecule has 1 aromatic carbocycles. The van der Waals surface area contributed by atoms with Crippen LogP contribution in [0.2, 0.25) is 0 Å². The second kappa shape index (κ2) is 2.99. The van der Waals surface area contributed by atoms with Crippen molar-refractivity contribution < 1.29 is 0 Å². The molecule has 0 spiro atoms. The zero-order valence-electron chi connectivity index (χ0n) is 8.46. The summed E-state index contributed by atoms with van der Waals surface area (Å²) in [4.78, 5) is 4.51. The average Bonchev–Trinajstić information content (AvgIpc) is 2.42. The lowest BCUT2D eigenvalue weighted by Gasteiger charge is -2.06. The zero-order chi connectivity index (χ0) is 9.42. The molecule has 1 nitrogen and oxygen atoms in total. The van der Waals surface area contributed by atoms with Crippen molar-refractivity contribution in [3.63, 3.8) is 0 Å². The van der Waals surface area contributed by atoms with Crippen LogP contribution >= 0.6 is 0 Å². The molecule has 0 atom stereocenters. The summed E-state index contributed by atoms with van der Waals surface area (Å²) < 4.78 is 0. The van der Waals surface area contributed by atoms with Crippen molar-refractivity contribution in [3.05, 3.63) is 29.3 Å². The van der Waals surface area contributed by atoms with Gasteiger partial charge in [0, 0.05) is 12.1 Å². The van der Waals surface area contributed by atoms with Gasteiger partial charge in [-0.2, -0.15) is 0 Å². The third kappa shape index (κ3) is 1.51. The topological polar surface area (TPSA) is 12.4 Å². The number of benzene rings is 1. The summed E-state index contributed by atoms with van der Waals surface area (Å²) in [6, 6.07) is 6.65. The van der Waals surface area contributed by atoms with Gasteiger partial charge in [0.05, 0.1) is 5.69 Å². The predicted octanol–water partition coefficient (Wildman–Crippen LogP) is 3.46. The van der Waals surface area contributed by atoms with E-state index in [1.165, 1.54) is 22.5 Å². The molecule has 0 N–H and O–H groups in total. The first-order valence-electron chi connectivity index (χ1n) is 4.84. The molecule has 0 aromatic heterocycles. The summed E-state index contributed by atoms with van der Waals surface area (Å²) in [6.07, 6.45) is 1.04. The van der Waals surface area contributed by atoms with E-state index in [4.69, 9.17) is 0 Å². The fourth-order valence-corrected chi connectivity index (χ4v) is 1.71. The third-order valence-electron chi connectivity index (χ3n) is 2.53. The van der Waals surface area contributed by atoms with Crippen molar-refractivity contribution in [2.45, 2.75) is 33.1 Å². The van der Waals surface area contributed by atoms with E-state index in [1.807, 2.05) is 0 Å². The number of nitrogens with zero attached hydrogens (tertiary/aromatic N) is 1. The molecule has 0 fully saturated rings. The van der Waals surface area contributed by atoms with Crippen LogP contribution in [0.3, 0.4) is 0 Å². The molecule has 0 saturated heterocycles. The summed E-state index contributed by atoms with van der Waals surface area (Å²) in [5.41, 5.74) is 5.18. The van der Waals surface area contributed by atoms with Gasteiger partial charge in [-0.3, -0.25) is 4.99 Å². The molecule has 1 aromatic rings. The molecule has 13 heavy (non-hydrogen) atoms. The monoisotopic (exact) mass is 173 g/mol. The second-order valence-electron chi connectivity index (χ2n) is 4.07. The molecule has 2 rings (SSSR count). The SMILES string of the molecule is CC1=Nc2cc(C(C)C)ccc2C1. The van der Waals surface area contributed by atoms with Crippen LogP contribution < -0.4 is 0 Å². The fourth-order valence-electron chi connectivity index (χ4n) is 1.71. The smallest absolute Gasteiger partial charge is 0.0667 e. The first kappa shape index (κ1) is 8.49. The molecule has 1 aliphatic heterocycles. The fraction of sp³-hybridized carbons (Fsp3) is 0.417. The number of aliphatic imine (C=N–C) groups is 1. The van der Waals surface area contributed by atoms with Crippen molar-refractivity contribution >= 4 is 11.4 Å². The lowest BCUT2D eigenvalue weighted by Crippen LogP contribution is -1.90. The first-order valence-corrected chi connectivity index (χ1v) is 4.84. The van der Waals surface area contributed by atoms with E-state index >= 15 is 0 Å². The second-order valence-corrected chi connectivity index (χ2v) is 4.07. The first-order chi connectivity index (χ1) is 6.16. The maximum absolute atomic E-state index is 4.51. The molecule has 68 valence electrons. The Kier molecular flexibility index (Phi) is 1.95. The van der Waals surface area contributed by atoms with Gasteiger partial charge in [-0.25, -0.2) is 0 Å². The summed E-state index contributed by atoms with van der Waals surface area (Å²) >= 11 is 0. The van der Waals surface area contributed by atoms with Crippen LogP contribution in [-0.4, -0.2) is 5.71 Å². The number of hydrogen-bond acceptors (Lipinski definition) is 1. The molecule has 1 aliphatic rings. The van der Waals surface area contributed by atoms with E-state index in [0.717, 1.165) is 6.42 Å². The minimum Gasteiger partial charge on any atom is -0.257 e. The number of rotatable bonds is 1. The quantitative estimate of drug-likeness (QED) is 0.616. The lowest BCUT2D eigenvalue weighted by molar-refractivity contribution is 0.866. The molecular weight excluding hydrogens is 158 g/mol. The number of hydrogen-bond donors (Lipinski definition) is 0. The Bertz CT molecular complexity index is 361.